The molecule has 1 aliphatic rings. The summed E-state index contributed by atoms with van der Waals surface area (Å²) in [6.45, 7) is 0. The van der Waals surface area contributed by atoms with Gasteiger partial charge in [-0.2, -0.15) is 0 Å². The summed E-state index contributed by atoms with van der Waals surface area (Å²) in [6.07, 6.45) is 4.71. The van der Waals surface area contributed by atoms with Gasteiger partial charge in [0.1, 0.15) is 22.2 Å². The maximum Gasteiger partial charge on any atom is 0.168 e. The van der Waals surface area contributed by atoms with Crippen molar-refractivity contribution in [2.45, 2.75) is 36.9 Å². The van der Waals surface area contributed by atoms with Gasteiger partial charge in [-0.15, -0.1) is 0 Å². The molecule has 0 radical (unpaired) electrons. The predicted octanol–water partition coefficient (Wildman–Crippen LogP) is 6.39. The Morgan fingerprint density at radius 3 is 1.31 bits per heavy atom. The van der Waals surface area contributed by atoms with Crippen molar-refractivity contribution in [3.8, 4) is 0 Å². The van der Waals surface area contributed by atoms with Crippen LogP contribution in [0.3, 0.4) is 0 Å². The lowest BCUT2D eigenvalue weighted by Gasteiger charge is -2.37. The summed E-state index contributed by atoms with van der Waals surface area (Å²) >= 11 is 0. The molecule has 0 heterocycles. The highest BCUT2D eigenvalue weighted by Gasteiger charge is 2.49. The summed E-state index contributed by atoms with van der Waals surface area (Å²) in [6, 6.07) is 16.0. The van der Waals surface area contributed by atoms with Crippen molar-refractivity contribution >= 4 is 9.84 Å². The third kappa shape index (κ3) is 4.20. The summed E-state index contributed by atoms with van der Waals surface area (Å²) < 4.78 is 68.3. The molecular weight excluding hydrogens is 433 g/mol. The van der Waals surface area contributed by atoms with Gasteiger partial charge in [-0.25, -0.2) is 21.6 Å². The molecule has 1 saturated carbocycles. The molecule has 4 rings (SSSR count). The standard InChI is InChI=1S/C26H25F3O2S/c27-23-12-6-20(7-13-23)26(21-8-14-24(28)15-9-21,22-10-16-25(29)17-11-22)32(30,31)18-19-4-2-1-3-5-19/h6-17,19H,1-5,18H2. The van der Waals surface area contributed by atoms with Crippen LogP contribution in [0.1, 0.15) is 48.8 Å². The molecule has 1 fully saturated rings. The average molecular weight is 459 g/mol. The van der Waals surface area contributed by atoms with Crippen LogP contribution in [0.15, 0.2) is 72.8 Å². The van der Waals surface area contributed by atoms with E-state index in [1.807, 2.05) is 0 Å². The van der Waals surface area contributed by atoms with Crippen LogP contribution in [0.25, 0.3) is 0 Å². The normalized spacial score (nSPS) is 15.6. The first-order chi connectivity index (χ1) is 15.3. The molecule has 2 nitrogen and oxygen atoms in total. The fraction of sp³-hybridized carbons (Fsp3) is 0.308. The minimum absolute atomic E-state index is 0.00877. The number of hydrogen-bond acceptors (Lipinski definition) is 2. The lowest BCUT2D eigenvalue weighted by atomic mass is 9.84. The summed E-state index contributed by atoms with van der Waals surface area (Å²) in [5, 5.41) is 0. The topological polar surface area (TPSA) is 34.1 Å². The first kappa shape index (κ1) is 22.6. The number of sulfone groups is 1. The third-order valence-electron chi connectivity index (χ3n) is 6.40. The Morgan fingerprint density at radius 2 is 0.969 bits per heavy atom. The lowest BCUT2D eigenvalue weighted by Crippen LogP contribution is -2.42. The van der Waals surface area contributed by atoms with Crippen molar-refractivity contribution in [1.82, 2.24) is 0 Å². The smallest absolute Gasteiger partial charge is 0.168 e. The summed E-state index contributed by atoms with van der Waals surface area (Å²) in [5.74, 6) is -1.53. The number of hydrogen-bond donors (Lipinski definition) is 0. The van der Waals surface area contributed by atoms with E-state index < -0.39 is 32.0 Å². The molecule has 3 aromatic carbocycles. The highest BCUT2D eigenvalue weighted by Crippen LogP contribution is 2.46. The van der Waals surface area contributed by atoms with Gasteiger partial charge < -0.3 is 0 Å². The molecule has 0 spiro atoms. The van der Waals surface area contributed by atoms with Gasteiger partial charge in [-0.3, -0.25) is 0 Å². The van der Waals surface area contributed by atoms with Gasteiger partial charge in [-0.1, -0.05) is 55.7 Å². The molecular formula is C26H25F3O2S. The van der Waals surface area contributed by atoms with E-state index in [1.165, 1.54) is 72.8 Å². The van der Waals surface area contributed by atoms with E-state index in [-0.39, 0.29) is 11.7 Å². The second-order valence-corrected chi connectivity index (χ2v) is 10.7. The van der Waals surface area contributed by atoms with E-state index in [9.17, 15) is 21.6 Å². The van der Waals surface area contributed by atoms with Gasteiger partial charge in [0.15, 0.2) is 9.84 Å². The Labute approximate surface area is 187 Å². The highest BCUT2D eigenvalue weighted by molar-refractivity contribution is 7.92. The fourth-order valence-corrected chi connectivity index (χ4v) is 7.57. The molecule has 32 heavy (non-hydrogen) atoms. The second kappa shape index (κ2) is 9.10. The van der Waals surface area contributed by atoms with Crippen molar-refractivity contribution in [1.29, 1.82) is 0 Å². The van der Waals surface area contributed by atoms with Crippen molar-refractivity contribution in [2.24, 2.45) is 5.92 Å². The number of benzene rings is 3. The van der Waals surface area contributed by atoms with Crippen LogP contribution in [0.4, 0.5) is 13.2 Å². The van der Waals surface area contributed by atoms with E-state index >= 15 is 0 Å². The van der Waals surface area contributed by atoms with Gasteiger partial charge in [-0.05, 0) is 71.8 Å². The van der Waals surface area contributed by atoms with E-state index in [2.05, 4.69) is 0 Å². The van der Waals surface area contributed by atoms with E-state index in [0.717, 1.165) is 32.1 Å². The predicted molar refractivity (Wildman–Crippen MR) is 119 cm³/mol. The van der Waals surface area contributed by atoms with Crippen LogP contribution in [-0.4, -0.2) is 14.2 Å². The van der Waals surface area contributed by atoms with Crippen LogP contribution < -0.4 is 0 Å². The molecule has 0 saturated heterocycles. The Morgan fingerprint density at radius 1 is 0.625 bits per heavy atom. The van der Waals surface area contributed by atoms with Gasteiger partial charge in [0.25, 0.3) is 0 Å². The van der Waals surface area contributed by atoms with Crippen molar-refractivity contribution in [3.63, 3.8) is 0 Å². The number of rotatable bonds is 6. The maximum absolute atomic E-state index is 14.3. The highest BCUT2D eigenvalue weighted by atomic mass is 32.2. The molecule has 0 aliphatic heterocycles. The average Bonchev–Trinajstić information content (AvgIpc) is 2.78. The first-order valence-corrected chi connectivity index (χ1v) is 12.5. The summed E-state index contributed by atoms with van der Waals surface area (Å²) in [4.78, 5) is 0. The van der Waals surface area contributed by atoms with Crippen molar-refractivity contribution in [2.75, 3.05) is 5.75 Å². The Hall–Kier alpha value is -2.60. The lowest BCUT2D eigenvalue weighted by molar-refractivity contribution is 0.383. The van der Waals surface area contributed by atoms with Gasteiger partial charge in [0, 0.05) is 0 Å². The Bertz CT molecular complexity index is 1040. The SMILES string of the molecule is O=S(=O)(CC1CCCCC1)C(c1ccc(F)cc1)(c1ccc(F)cc1)c1ccc(F)cc1. The van der Waals surface area contributed by atoms with Crippen LogP contribution in [-0.2, 0) is 14.6 Å². The van der Waals surface area contributed by atoms with Crippen LogP contribution in [0.2, 0.25) is 0 Å². The molecule has 0 N–H and O–H groups in total. The zero-order valence-corrected chi connectivity index (χ0v) is 18.4. The number of halogens is 3. The second-order valence-electron chi connectivity index (χ2n) is 8.49. The van der Waals surface area contributed by atoms with Crippen LogP contribution >= 0.6 is 0 Å². The molecule has 0 aromatic heterocycles. The zero-order chi connectivity index (χ0) is 22.8. The molecule has 0 unspecified atom stereocenters. The summed E-state index contributed by atoms with van der Waals surface area (Å²) in [5.41, 5.74) is 1.02. The van der Waals surface area contributed by atoms with Crippen molar-refractivity contribution in [3.05, 3.63) is 107 Å². The van der Waals surface area contributed by atoms with E-state index in [1.54, 1.807) is 0 Å². The molecule has 168 valence electrons. The van der Waals surface area contributed by atoms with Crippen molar-refractivity contribution < 1.29 is 21.6 Å². The van der Waals surface area contributed by atoms with Gasteiger partial charge in [0.2, 0.25) is 0 Å². The van der Waals surface area contributed by atoms with Gasteiger partial charge in [0.05, 0.1) is 5.75 Å². The monoisotopic (exact) mass is 458 g/mol. The molecule has 3 aromatic rings. The first-order valence-electron chi connectivity index (χ1n) is 10.8. The molecule has 1 aliphatic carbocycles. The maximum atomic E-state index is 14.3. The third-order valence-corrected chi connectivity index (χ3v) is 8.95. The van der Waals surface area contributed by atoms with Crippen LogP contribution in [0, 0.1) is 23.4 Å². The largest absolute Gasteiger partial charge is 0.227 e. The molecule has 6 heteroatoms. The Balaban J connectivity index is 2.00. The molecule has 0 atom stereocenters. The van der Waals surface area contributed by atoms with E-state index in [4.69, 9.17) is 0 Å². The quantitative estimate of drug-likeness (QED) is 0.401. The minimum atomic E-state index is -3.95. The Kier molecular flexibility index (Phi) is 6.42. The molecule has 0 bridgehead atoms. The fourth-order valence-electron chi connectivity index (χ4n) is 4.88. The van der Waals surface area contributed by atoms with E-state index in [0.29, 0.717) is 16.7 Å². The summed E-state index contributed by atoms with van der Waals surface area (Å²) in [7, 11) is -3.95. The van der Waals surface area contributed by atoms with Gasteiger partial charge >= 0.3 is 0 Å². The zero-order valence-electron chi connectivity index (χ0n) is 17.6. The minimum Gasteiger partial charge on any atom is -0.227 e. The molecule has 0 amide bonds. The van der Waals surface area contributed by atoms with Crippen LogP contribution in [0.5, 0.6) is 0 Å².